The number of aliphatic carboxylic acids is 1. The van der Waals surface area contributed by atoms with Gasteiger partial charge in [0, 0.05) is 6.42 Å². The lowest BCUT2D eigenvalue weighted by atomic mass is 9.79. The average molecular weight is 327 g/mol. The lowest BCUT2D eigenvalue weighted by molar-refractivity contribution is -0.158. The van der Waals surface area contributed by atoms with Crippen molar-refractivity contribution in [2.45, 2.75) is 25.3 Å². The number of ether oxygens (including phenoxy) is 1. The minimum atomic E-state index is -1.32. The van der Waals surface area contributed by atoms with Crippen molar-refractivity contribution in [3.05, 3.63) is 48.0 Å². The van der Waals surface area contributed by atoms with E-state index in [2.05, 4.69) is 5.32 Å². The highest BCUT2D eigenvalue weighted by Crippen LogP contribution is 2.34. The Kier molecular flexibility index (Phi) is 4.53. The van der Waals surface area contributed by atoms with Crippen molar-refractivity contribution in [1.82, 2.24) is 5.32 Å². The smallest absolute Gasteiger partial charge is 0.325 e. The molecule has 1 saturated heterocycles. The predicted octanol–water partition coefficient (Wildman–Crippen LogP) is 2.38. The molecule has 0 amide bonds. The standard InChI is InChI=1S/C19H21NO4/c1-2-24-17(21)16-10-11-20-19(16,18(22)23)12-14-8-5-7-13-6-3-4-9-15(13)14/h3-9,16,20H,2,10-12H2,1H3,(H,22,23)/t16?,19-/m0/s1. The van der Waals surface area contributed by atoms with Crippen LogP contribution < -0.4 is 5.32 Å². The largest absolute Gasteiger partial charge is 0.480 e. The van der Waals surface area contributed by atoms with Crippen LogP contribution in [-0.4, -0.2) is 35.7 Å². The van der Waals surface area contributed by atoms with Gasteiger partial charge in [-0.05, 0) is 36.2 Å². The number of hydrogen-bond donors (Lipinski definition) is 2. The van der Waals surface area contributed by atoms with Crippen molar-refractivity contribution in [2.75, 3.05) is 13.2 Å². The Balaban J connectivity index is 2.02. The van der Waals surface area contributed by atoms with Crippen molar-refractivity contribution in [1.29, 1.82) is 0 Å². The fraction of sp³-hybridized carbons (Fsp3) is 0.368. The van der Waals surface area contributed by atoms with Crippen LogP contribution in [0.2, 0.25) is 0 Å². The van der Waals surface area contributed by atoms with Gasteiger partial charge in [-0.3, -0.25) is 9.59 Å². The van der Waals surface area contributed by atoms with Crippen molar-refractivity contribution >= 4 is 22.7 Å². The third-order valence-electron chi connectivity index (χ3n) is 4.77. The van der Waals surface area contributed by atoms with E-state index in [1.807, 2.05) is 42.5 Å². The predicted molar refractivity (Wildman–Crippen MR) is 90.8 cm³/mol. The summed E-state index contributed by atoms with van der Waals surface area (Å²) in [6.45, 7) is 2.47. The highest BCUT2D eigenvalue weighted by molar-refractivity contribution is 5.91. The van der Waals surface area contributed by atoms with Gasteiger partial charge in [-0.2, -0.15) is 0 Å². The Morgan fingerprint density at radius 3 is 2.75 bits per heavy atom. The van der Waals surface area contributed by atoms with Crippen LogP contribution in [0.25, 0.3) is 10.8 Å². The lowest BCUT2D eigenvalue weighted by Crippen LogP contribution is -2.56. The molecule has 2 atom stereocenters. The quantitative estimate of drug-likeness (QED) is 0.825. The summed E-state index contributed by atoms with van der Waals surface area (Å²) in [5.74, 6) is -2.13. The molecule has 5 nitrogen and oxygen atoms in total. The normalized spacial score (nSPS) is 23.3. The summed E-state index contributed by atoms with van der Waals surface area (Å²) >= 11 is 0. The number of carboxylic acids is 1. The number of carbonyl (C=O) groups is 2. The maximum atomic E-state index is 12.3. The van der Waals surface area contributed by atoms with Gasteiger partial charge in [-0.25, -0.2) is 0 Å². The van der Waals surface area contributed by atoms with E-state index < -0.39 is 23.4 Å². The van der Waals surface area contributed by atoms with Gasteiger partial charge in [0.1, 0.15) is 5.54 Å². The van der Waals surface area contributed by atoms with E-state index in [1.165, 1.54) is 0 Å². The number of hydrogen-bond acceptors (Lipinski definition) is 4. The molecule has 0 saturated carbocycles. The monoisotopic (exact) mass is 327 g/mol. The molecule has 1 unspecified atom stereocenters. The molecule has 2 aromatic carbocycles. The van der Waals surface area contributed by atoms with Crippen LogP contribution in [0.3, 0.4) is 0 Å². The first-order valence-corrected chi connectivity index (χ1v) is 8.20. The Hall–Kier alpha value is -2.40. The van der Waals surface area contributed by atoms with Crippen molar-refractivity contribution in [2.24, 2.45) is 5.92 Å². The van der Waals surface area contributed by atoms with Crippen LogP contribution in [0.5, 0.6) is 0 Å². The number of benzene rings is 2. The number of esters is 1. The lowest BCUT2D eigenvalue weighted by Gasteiger charge is -2.30. The summed E-state index contributed by atoms with van der Waals surface area (Å²) < 4.78 is 5.11. The minimum Gasteiger partial charge on any atom is -0.480 e. The van der Waals surface area contributed by atoms with Crippen molar-refractivity contribution in [3.63, 3.8) is 0 Å². The molecule has 2 aromatic rings. The van der Waals surface area contributed by atoms with E-state index in [4.69, 9.17) is 4.74 Å². The highest BCUT2D eigenvalue weighted by Gasteiger charge is 2.53. The molecular formula is C19H21NO4. The number of rotatable bonds is 5. The molecular weight excluding hydrogens is 306 g/mol. The summed E-state index contributed by atoms with van der Waals surface area (Å²) in [4.78, 5) is 24.4. The first-order chi connectivity index (χ1) is 11.6. The molecule has 1 aliphatic heterocycles. The van der Waals surface area contributed by atoms with Gasteiger partial charge < -0.3 is 15.2 Å². The fourth-order valence-electron chi connectivity index (χ4n) is 3.60. The van der Waals surface area contributed by atoms with Gasteiger partial charge in [-0.15, -0.1) is 0 Å². The van der Waals surface area contributed by atoms with Gasteiger partial charge in [0.05, 0.1) is 12.5 Å². The Morgan fingerprint density at radius 1 is 1.25 bits per heavy atom. The molecule has 1 aliphatic rings. The van der Waals surface area contributed by atoms with Gasteiger partial charge >= 0.3 is 11.9 Å². The number of carbonyl (C=O) groups excluding carboxylic acids is 1. The Labute approximate surface area is 140 Å². The van der Waals surface area contributed by atoms with E-state index in [0.29, 0.717) is 13.0 Å². The second kappa shape index (κ2) is 6.61. The van der Waals surface area contributed by atoms with Crippen LogP contribution in [0.15, 0.2) is 42.5 Å². The van der Waals surface area contributed by atoms with E-state index in [0.717, 1.165) is 16.3 Å². The van der Waals surface area contributed by atoms with Crippen LogP contribution in [0.4, 0.5) is 0 Å². The molecule has 1 fully saturated rings. The van der Waals surface area contributed by atoms with Gasteiger partial charge in [0.2, 0.25) is 0 Å². The van der Waals surface area contributed by atoms with E-state index in [1.54, 1.807) is 6.92 Å². The molecule has 2 N–H and O–H groups in total. The van der Waals surface area contributed by atoms with Crippen molar-refractivity contribution in [3.8, 4) is 0 Å². The zero-order valence-electron chi connectivity index (χ0n) is 13.6. The summed E-state index contributed by atoms with van der Waals surface area (Å²) in [7, 11) is 0. The Bertz CT molecular complexity index is 768. The molecule has 0 bridgehead atoms. The summed E-state index contributed by atoms with van der Waals surface area (Å²) in [5.41, 5.74) is -0.407. The Morgan fingerprint density at radius 2 is 2.00 bits per heavy atom. The third-order valence-corrected chi connectivity index (χ3v) is 4.77. The highest BCUT2D eigenvalue weighted by atomic mass is 16.5. The SMILES string of the molecule is CCOC(=O)C1CCN[C@]1(Cc1cccc2ccccc12)C(=O)O. The average Bonchev–Trinajstić information content (AvgIpc) is 3.00. The second-order valence-corrected chi connectivity index (χ2v) is 6.11. The number of nitrogens with one attached hydrogen (secondary N) is 1. The van der Waals surface area contributed by atoms with Crippen LogP contribution >= 0.6 is 0 Å². The molecule has 0 aromatic heterocycles. The first-order valence-electron chi connectivity index (χ1n) is 8.20. The zero-order chi connectivity index (χ0) is 17.2. The molecule has 1 heterocycles. The maximum Gasteiger partial charge on any atom is 0.325 e. The van der Waals surface area contributed by atoms with Gasteiger partial charge in [-0.1, -0.05) is 42.5 Å². The molecule has 126 valence electrons. The van der Waals surface area contributed by atoms with Gasteiger partial charge in [0.25, 0.3) is 0 Å². The number of fused-ring (bicyclic) bond motifs is 1. The molecule has 3 rings (SSSR count). The van der Waals surface area contributed by atoms with Crippen LogP contribution in [0.1, 0.15) is 18.9 Å². The van der Waals surface area contributed by atoms with E-state index >= 15 is 0 Å². The van der Waals surface area contributed by atoms with E-state index in [9.17, 15) is 14.7 Å². The van der Waals surface area contributed by atoms with Crippen molar-refractivity contribution < 1.29 is 19.4 Å². The zero-order valence-corrected chi connectivity index (χ0v) is 13.6. The second-order valence-electron chi connectivity index (χ2n) is 6.11. The first kappa shape index (κ1) is 16.5. The van der Waals surface area contributed by atoms with Gasteiger partial charge in [0.15, 0.2) is 0 Å². The maximum absolute atomic E-state index is 12.3. The summed E-state index contributed by atoms with van der Waals surface area (Å²) in [6.07, 6.45) is 0.711. The molecule has 0 aliphatic carbocycles. The molecule has 5 heteroatoms. The fourth-order valence-corrected chi connectivity index (χ4v) is 3.60. The molecule has 0 radical (unpaired) electrons. The third kappa shape index (κ3) is 2.76. The topological polar surface area (TPSA) is 75.6 Å². The number of carboxylic acid groups (broad SMARTS) is 1. The molecule has 0 spiro atoms. The molecule has 24 heavy (non-hydrogen) atoms. The van der Waals surface area contributed by atoms with E-state index in [-0.39, 0.29) is 13.0 Å². The van der Waals surface area contributed by atoms with Crippen LogP contribution in [-0.2, 0) is 20.7 Å². The minimum absolute atomic E-state index is 0.243. The summed E-state index contributed by atoms with van der Waals surface area (Å²) in [6, 6.07) is 13.7. The summed E-state index contributed by atoms with van der Waals surface area (Å²) in [5, 5.41) is 15.1. The van der Waals surface area contributed by atoms with Crippen LogP contribution in [0, 0.1) is 5.92 Å².